The lowest BCUT2D eigenvalue weighted by Crippen LogP contribution is -2.47. The smallest absolute Gasteiger partial charge is 0.327 e. The Hall–Kier alpha value is -2.90. The Morgan fingerprint density at radius 1 is 1.12 bits per heavy atom. The van der Waals surface area contributed by atoms with E-state index in [-0.39, 0.29) is 11.5 Å². The van der Waals surface area contributed by atoms with Crippen molar-refractivity contribution in [2.24, 2.45) is 0 Å². The Labute approximate surface area is 143 Å². The van der Waals surface area contributed by atoms with E-state index >= 15 is 0 Å². The molecule has 1 aliphatic heterocycles. The number of aryl methyl sites for hydroxylation is 1. The fraction of sp³-hybridized carbons (Fsp3) is 0.353. The van der Waals surface area contributed by atoms with Crippen molar-refractivity contribution in [2.75, 3.05) is 36.0 Å². The molecule has 4 rings (SSSR count). The molecule has 1 fully saturated rings. The van der Waals surface area contributed by atoms with Crippen LogP contribution in [-0.4, -0.2) is 45.7 Å². The van der Waals surface area contributed by atoms with Gasteiger partial charge >= 0.3 is 5.69 Å². The minimum Gasteiger partial charge on any atom is -0.366 e. The number of hydrogen-bond acceptors (Lipinski definition) is 5. The van der Waals surface area contributed by atoms with E-state index in [1.54, 1.807) is 16.7 Å². The molecule has 1 N–H and O–H groups in total. The van der Waals surface area contributed by atoms with Crippen molar-refractivity contribution in [3.63, 3.8) is 0 Å². The number of benzene rings is 1. The highest BCUT2D eigenvalue weighted by Crippen LogP contribution is 2.24. The maximum Gasteiger partial charge on any atom is 0.327 e. The molecule has 3 heterocycles. The first kappa shape index (κ1) is 15.6. The van der Waals surface area contributed by atoms with E-state index < -0.39 is 0 Å². The third kappa shape index (κ3) is 2.63. The summed E-state index contributed by atoms with van der Waals surface area (Å²) in [6.45, 7) is 5.22. The van der Waals surface area contributed by atoms with Crippen LogP contribution in [0.25, 0.3) is 11.2 Å². The molecule has 0 unspecified atom stereocenters. The number of imidazole rings is 1. The quantitative estimate of drug-likeness (QED) is 0.783. The van der Waals surface area contributed by atoms with Crippen LogP contribution in [0.5, 0.6) is 0 Å². The van der Waals surface area contributed by atoms with Crippen LogP contribution in [-0.2, 0) is 6.54 Å². The van der Waals surface area contributed by atoms with Crippen molar-refractivity contribution in [3.05, 3.63) is 46.9 Å². The summed E-state index contributed by atoms with van der Waals surface area (Å²) in [6.07, 6.45) is 1.49. The van der Waals surface area contributed by atoms with Gasteiger partial charge in [0, 0.05) is 32.7 Å². The Balaban J connectivity index is 1.60. The third-order valence-corrected chi connectivity index (χ3v) is 4.63. The number of H-pyrrole nitrogens is 1. The first-order valence-corrected chi connectivity index (χ1v) is 8.37. The standard InChI is InChI=1S/C17H19FN6O/c1-2-24-16-14(21-17(24)25)15(19-11-20-16)23-9-7-22(8-10-23)13-6-4-3-5-12(13)18/h3-6,11H,2,7-10H2,1H3,(H,21,25). The van der Waals surface area contributed by atoms with Gasteiger partial charge in [0.05, 0.1) is 5.69 Å². The van der Waals surface area contributed by atoms with Gasteiger partial charge < -0.3 is 14.8 Å². The number of aromatic amines is 1. The van der Waals surface area contributed by atoms with Gasteiger partial charge in [0.25, 0.3) is 0 Å². The first-order chi connectivity index (χ1) is 12.2. The normalized spacial score (nSPS) is 15.1. The summed E-state index contributed by atoms with van der Waals surface area (Å²) in [5.41, 5.74) is 1.73. The molecular weight excluding hydrogens is 323 g/mol. The number of fused-ring (bicyclic) bond motifs is 1. The van der Waals surface area contributed by atoms with E-state index in [1.165, 1.54) is 12.4 Å². The van der Waals surface area contributed by atoms with Gasteiger partial charge in [-0.15, -0.1) is 0 Å². The van der Waals surface area contributed by atoms with Crippen molar-refractivity contribution in [1.82, 2.24) is 19.5 Å². The van der Waals surface area contributed by atoms with E-state index in [1.807, 2.05) is 17.9 Å². The van der Waals surface area contributed by atoms with Gasteiger partial charge in [-0.3, -0.25) is 4.57 Å². The van der Waals surface area contributed by atoms with Crippen LogP contribution in [0.4, 0.5) is 15.9 Å². The molecule has 0 amide bonds. The van der Waals surface area contributed by atoms with Gasteiger partial charge in [-0.25, -0.2) is 19.2 Å². The lowest BCUT2D eigenvalue weighted by atomic mass is 10.2. The Kier molecular flexibility index (Phi) is 3.87. The van der Waals surface area contributed by atoms with Crippen molar-refractivity contribution < 1.29 is 4.39 Å². The molecule has 0 spiro atoms. The van der Waals surface area contributed by atoms with E-state index in [0.717, 1.165) is 5.82 Å². The zero-order valence-electron chi connectivity index (χ0n) is 13.9. The molecule has 0 bridgehead atoms. The molecule has 2 aromatic heterocycles. The first-order valence-electron chi connectivity index (χ1n) is 8.37. The molecule has 0 radical (unpaired) electrons. The third-order valence-electron chi connectivity index (χ3n) is 4.63. The lowest BCUT2D eigenvalue weighted by molar-refractivity contribution is 0.596. The van der Waals surface area contributed by atoms with Crippen LogP contribution >= 0.6 is 0 Å². The average molecular weight is 342 g/mol. The van der Waals surface area contributed by atoms with Gasteiger partial charge in [0.15, 0.2) is 11.5 Å². The highest BCUT2D eigenvalue weighted by atomic mass is 19.1. The van der Waals surface area contributed by atoms with Crippen LogP contribution in [0.15, 0.2) is 35.4 Å². The SMILES string of the molecule is CCn1c(=O)[nH]c2c(N3CCN(c4ccccc4F)CC3)ncnc21. The molecule has 0 aliphatic carbocycles. The predicted octanol–water partition coefficient (Wildman–Crippen LogP) is 1.61. The second kappa shape index (κ2) is 6.19. The molecule has 25 heavy (non-hydrogen) atoms. The van der Waals surface area contributed by atoms with Crippen LogP contribution in [0.3, 0.4) is 0 Å². The summed E-state index contributed by atoms with van der Waals surface area (Å²) in [7, 11) is 0. The van der Waals surface area contributed by atoms with Gasteiger partial charge in [0.2, 0.25) is 0 Å². The lowest BCUT2D eigenvalue weighted by Gasteiger charge is -2.36. The summed E-state index contributed by atoms with van der Waals surface area (Å²) < 4.78 is 15.6. The van der Waals surface area contributed by atoms with Crippen LogP contribution in [0.2, 0.25) is 0 Å². The second-order valence-electron chi connectivity index (χ2n) is 6.00. The van der Waals surface area contributed by atoms with Crippen molar-refractivity contribution in [3.8, 4) is 0 Å². The molecular formula is C17H19FN6O. The molecule has 130 valence electrons. The van der Waals surface area contributed by atoms with Crippen molar-refractivity contribution in [2.45, 2.75) is 13.5 Å². The Morgan fingerprint density at radius 2 is 1.84 bits per heavy atom. The molecule has 1 aliphatic rings. The molecule has 0 atom stereocenters. The zero-order chi connectivity index (χ0) is 17.4. The maximum absolute atomic E-state index is 14.0. The topological polar surface area (TPSA) is 70.1 Å². The zero-order valence-corrected chi connectivity index (χ0v) is 13.9. The summed E-state index contributed by atoms with van der Waals surface area (Å²) in [5.74, 6) is 0.521. The Bertz CT molecular complexity index is 957. The van der Waals surface area contributed by atoms with E-state index in [0.29, 0.717) is 49.6 Å². The summed E-state index contributed by atoms with van der Waals surface area (Å²) in [4.78, 5) is 27.7. The fourth-order valence-electron chi connectivity index (χ4n) is 3.35. The average Bonchev–Trinajstić information content (AvgIpc) is 2.97. The highest BCUT2D eigenvalue weighted by Gasteiger charge is 2.23. The Morgan fingerprint density at radius 3 is 2.56 bits per heavy atom. The van der Waals surface area contributed by atoms with Crippen LogP contribution < -0.4 is 15.5 Å². The number of nitrogens with one attached hydrogen (secondary N) is 1. The summed E-state index contributed by atoms with van der Waals surface area (Å²) >= 11 is 0. The monoisotopic (exact) mass is 342 g/mol. The van der Waals surface area contributed by atoms with E-state index in [2.05, 4.69) is 19.9 Å². The number of anilines is 2. The highest BCUT2D eigenvalue weighted by molar-refractivity contribution is 5.83. The fourth-order valence-corrected chi connectivity index (χ4v) is 3.35. The van der Waals surface area contributed by atoms with E-state index in [4.69, 9.17) is 0 Å². The minimum absolute atomic E-state index is 0.177. The van der Waals surface area contributed by atoms with E-state index in [9.17, 15) is 9.18 Å². The summed E-state index contributed by atoms with van der Waals surface area (Å²) in [5, 5.41) is 0. The summed E-state index contributed by atoms with van der Waals surface area (Å²) in [6, 6.07) is 6.82. The molecule has 8 heteroatoms. The molecule has 1 aromatic carbocycles. The number of aromatic nitrogens is 4. The van der Waals surface area contributed by atoms with Gasteiger partial charge in [-0.2, -0.15) is 0 Å². The van der Waals surface area contributed by atoms with Crippen molar-refractivity contribution in [1.29, 1.82) is 0 Å². The predicted molar refractivity (Wildman–Crippen MR) is 94.6 cm³/mol. The molecule has 3 aromatic rings. The molecule has 7 nitrogen and oxygen atoms in total. The maximum atomic E-state index is 14.0. The second-order valence-corrected chi connectivity index (χ2v) is 6.00. The van der Waals surface area contributed by atoms with Crippen molar-refractivity contribution >= 4 is 22.7 Å². The van der Waals surface area contributed by atoms with Crippen LogP contribution in [0.1, 0.15) is 6.92 Å². The van der Waals surface area contributed by atoms with Gasteiger partial charge in [-0.05, 0) is 19.1 Å². The number of para-hydroxylation sites is 1. The van der Waals surface area contributed by atoms with Crippen LogP contribution in [0, 0.1) is 5.82 Å². The largest absolute Gasteiger partial charge is 0.366 e. The number of rotatable bonds is 3. The number of halogens is 1. The number of nitrogens with zero attached hydrogens (tertiary/aromatic N) is 5. The van der Waals surface area contributed by atoms with Gasteiger partial charge in [0.1, 0.15) is 17.7 Å². The molecule has 1 saturated heterocycles. The number of piperazine rings is 1. The molecule has 0 saturated carbocycles. The van der Waals surface area contributed by atoms with Gasteiger partial charge in [-0.1, -0.05) is 12.1 Å². The minimum atomic E-state index is -0.204. The number of hydrogen-bond donors (Lipinski definition) is 1.